The first-order valence-electron chi connectivity index (χ1n) is 5.89. The first-order chi connectivity index (χ1) is 9.16. The fourth-order valence-corrected chi connectivity index (χ4v) is 2.38. The summed E-state index contributed by atoms with van der Waals surface area (Å²) < 4.78 is 7.21. The van der Waals surface area contributed by atoms with E-state index < -0.39 is 5.76 Å². The molecule has 2 aromatic carbocycles. The fourth-order valence-electron chi connectivity index (χ4n) is 2.04. The fraction of sp³-hybridized carbons (Fsp3) is 0.0667. The van der Waals surface area contributed by atoms with E-state index in [9.17, 15) is 4.79 Å². The lowest BCUT2D eigenvalue weighted by atomic mass is 10.2. The Bertz CT molecular complexity index is 863. The Morgan fingerprint density at radius 1 is 1.11 bits per heavy atom. The van der Waals surface area contributed by atoms with Gasteiger partial charge in [-0.05, 0) is 31.2 Å². The van der Waals surface area contributed by atoms with Gasteiger partial charge in [0.1, 0.15) is 10.2 Å². The molecule has 0 aliphatic carbocycles. The van der Waals surface area contributed by atoms with Crippen LogP contribution in [0.2, 0.25) is 0 Å². The predicted molar refractivity (Wildman–Crippen MR) is 77.4 cm³/mol. The zero-order valence-electron chi connectivity index (χ0n) is 10.3. The number of hydrogen-bond donors (Lipinski definition) is 0. The molecular weight excluding hydrogens is 258 g/mol. The molecule has 4 heteroatoms. The maximum Gasteiger partial charge on any atom is 0.425 e. The summed E-state index contributed by atoms with van der Waals surface area (Å²) in [5.41, 5.74) is 2.31. The van der Waals surface area contributed by atoms with E-state index in [1.165, 1.54) is 4.57 Å². The van der Waals surface area contributed by atoms with Crippen molar-refractivity contribution in [1.82, 2.24) is 4.57 Å². The molecule has 94 valence electrons. The van der Waals surface area contributed by atoms with E-state index >= 15 is 0 Å². The predicted octanol–water partition coefficient (Wildman–Crippen LogP) is 3.62. The van der Waals surface area contributed by atoms with Gasteiger partial charge in [-0.3, -0.25) is 0 Å². The summed E-state index contributed by atoms with van der Waals surface area (Å²) in [6.45, 7) is 1.98. The van der Waals surface area contributed by atoms with Gasteiger partial charge in [-0.25, -0.2) is 9.36 Å². The number of benzene rings is 2. The Morgan fingerprint density at radius 2 is 1.84 bits per heavy atom. The Balaban J connectivity index is 2.44. The monoisotopic (exact) mass is 269 g/mol. The third-order valence-corrected chi connectivity index (χ3v) is 3.37. The Hall–Kier alpha value is -2.20. The maximum atomic E-state index is 12.1. The third kappa shape index (κ3) is 2.00. The van der Waals surface area contributed by atoms with Crippen molar-refractivity contribution in [3.8, 4) is 5.69 Å². The number of aromatic nitrogens is 1. The summed E-state index contributed by atoms with van der Waals surface area (Å²) in [5, 5.41) is 0.776. The van der Waals surface area contributed by atoms with Gasteiger partial charge in [-0.15, -0.1) is 0 Å². The highest BCUT2D eigenvalue weighted by Gasteiger charge is 2.08. The van der Waals surface area contributed by atoms with E-state index in [1.54, 1.807) is 6.07 Å². The first-order valence-corrected chi connectivity index (χ1v) is 6.29. The minimum Gasteiger partial charge on any atom is -0.409 e. The van der Waals surface area contributed by atoms with Crippen LogP contribution >= 0.6 is 12.2 Å². The summed E-state index contributed by atoms with van der Waals surface area (Å²) in [6, 6.07) is 14.9. The van der Waals surface area contributed by atoms with Crippen LogP contribution in [0.15, 0.2) is 57.7 Å². The van der Waals surface area contributed by atoms with Crippen LogP contribution in [0.3, 0.4) is 0 Å². The van der Waals surface area contributed by atoms with Crippen LogP contribution in [-0.2, 0) is 0 Å². The standard InChI is InChI=1S/C15H11NO2S/c1-10-7-8-13-12(9-10)14(19)16(15(17)18-13)11-5-3-2-4-6-11/h2-9H,1H3. The number of fused-ring (bicyclic) bond motifs is 1. The summed E-state index contributed by atoms with van der Waals surface area (Å²) in [6.07, 6.45) is 0. The Labute approximate surface area is 114 Å². The molecule has 0 aliphatic heterocycles. The van der Waals surface area contributed by atoms with Crippen molar-refractivity contribution < 1.29 is 4.42 Å². The second kappa shape index (κ2) is 4.48. The van der Waals surface area contributed by atoms with E-state index in [1.807, 2.05) is 49.4 Å². The molecule has 3 aromatic rings. The molecule has 0 saturated heterocycles. The number of rotatable bonds is 1. The van der Waals surface area contributed by atoms with Crippen LogP contribution < -0.4 is 5.76 Å². The van der Waals surface area contributed by atoms with Gasteiger partial charge >= 0.3 is 5.76 Å². The minimum absolute atomic E-state index is 0.465. The average molecular weight is 269 g/mol. The van der Waals surface area contributed by atoms with Gasteiger partial charge in [-0.1, -0.05) is 42.0 Å². The highest BCUT2D eigenvalue weighted by atomic mass is 32.1. The molecular formula is C15H11NO2S. The molecule has 19 heavy (non-hydrogen) atoms. The summed E-state index contributed by atoms with van der Waals surface area (Å²) in [7, 11) is 0. The minimum atomic E-state index is -0.465. The number of nitrogens with zero attached hydrogens (tertiary/aromatic N) is 1. The molecule has 3 rings (SSSR count). The topological polar surface area (TPSA) is 35.1 Å². The zero-order valence-corrected chi connectivity index (χ0v) is 11.1. The van der Waals surface area contributed by atoms with E-state index in [2.05, 4.69) is 0 Å². The highest BCUT2D eigenvalue weighted by Crippen LogP contribution is 2.17. The van der Waals surface area contributed by atoms with E-state index in [-0.39, 0.29) is 0 Å². The summed E-state index contributed by atoms with van der Waals surface area (Å²) in [5.74, 6) is -0.465. The van der Waals surface area contributed by atoms with Crippen LogP contribution in [0, 0.1) is 11.6 Å². The largest absolute Gasteiger partial charge is 0.425 e. The summed E-state index contributed by atoms with van der Waals surface area (Å²) in [4.78, 5) is 12.1. The molecule has 0 amide bonds. The van der Waals surface area contributed by atoms with Crippen LogP contribution in [0.1, 0.15) is 5.56 Å². The normalized spacial score (nSPS) is 10.8. The smallest absolute Gasteiger partial charge is 0.409 e. The Morgan fingerprint density at radius 3 is 2.58 bits per heavy atom. The van der Waals surface area contributed by atoms with Crippen molar-refractivity contribution in [2.24, 2.45) is 0 Å². The van der Waals surface area contributed by atoms with Crippen molar-refractivity contribution in [3.63, 3.8) is 0 Å². The van der Waals surface area contributed by atoms with Crippen LogP contribution in [0.5, 0.6) is 0 Å². The molecule has 0 bridgehead atoms. The number of para-hydroxylation sites is 1. The molecule has 0 N–H and O–H groups in total. The average Bonchev–Trinajstić information content (AvgIpc) is 2.41. The van der Waals surface area contributed by atoms with Gasteiger partial charge in [0.05, 0.1) is 11.1 Å². The van der Waals surface area contributed by atoms with Crippen molar-refractivity contribution in [3.05, 3.63) is 69.3 Å². The van der Waals surface area contributed by atoms with Crippen molar-refractivity contribution in [1.29, 1.82) is 0 Å². The van der Waals surface area contributed by atoms with Crippen molar-refractivity contribution in [2.45, 2.75) is 6.92 Å². The molecule has 0 radical (unpaired) electrons. The second-order valence-corrected chi connectivity index (χ2v) is 4.73. The van der Waals surface area contributed by atoms with Gasteiger partial charge in [-0.2, -0.15) is 0 Å². The van der Waals surface area contributed by atoms with Crippen molar-refractivity contribution in [2.75, 3.05) is 0 Å². The molecule has 3 nitrogen and oxygen atoms in total. The molecule has 1 aromatic heterocycles. The molecule has 0 unspecified atom stereocenters. The van der Waals surface area contributed by atoms with Gasteiger partial charge in [0, 0.05) is 0 Å². The lowest BCUT2D eigenvalue weighted by Gasteiger charge is -2.07. The lowest BCUT2D eigenvalue weighted by molar-refractivity contribution is 0.507. The van der Waals surface area contributed by atoms with Gasteiger partial charge in [0.15, 0.2) is 0 Å². The van der Waals surface area contributed by atoms with Crippen molar-refractivity contribution >= 4 is 23.2 Å². The molecule has 0 fully saturated rings. The van der Waals surface area contributed by atoms with Gasteiger partial charge < -0.3 is 4.42 Å². The summed E-state index contributed by atoms with van der Waals surface area (Å²) >= 11 is 5.43. The quantitative estimate of drug-likeness (QED) is 0.633. The first kappa shape index (κ1) is 11.9. The lowest BCUT2D eigenvalue weighted by Crippen LogP contribution is -2.17. The van der Waals surface area contributed by atoms with Crippen LogP contribution in [-0.4, -0.2) is 4.57 Å². The van der Waals surface area contributed by atoms with Crippen LogP contribution in [0.4, 0.5) is 0 Å². The molecule has 1 heterocycles. The molecule has 0 spiro atoms. The molecule has 0 saturated carbocycles. The highest BCUT2D eigenvalue weighted by molar-refractivity contribution is 7.71. The van der Waals surface area contributed by atoms with Crippen LogP contribution in [0.25, 0.3) is 16.7 Å². The van der Waals surface area contributed by atoms with Gasteiger partial charge in [0.25, 0.3) is 0 Å². The molecule has 0 aliphatic rings. The zero-order chi connectivity index (χ0) is 13.4. The molecule has 0 atom stereocenters. The third-order valence-electron chi connectivity index (χ3n) is 2.96. The van der Waals surface area contributed by atoms with E-state index in [0.29, 0.717) is 15.9 Å². The maximum absolute atomic E-state index is 12.1. The van der Waals surface area contributed by atoms with E-state index in [4.69, 9.17) is 16.6 Å². The Kier molecular flexibility index (Phi) is 2.80. The number of aryl methyl sites for hydroxylation is 1. The van der Waals surface area contributed by atoms with Gasteiger partial charge in [0.2, 0.25) is 0 Å². The number of hydrogen-bond acceptors (Lipinski definition) is 3. The second-order valence-electron chi connectivity index (χ2n) is 4.34. The SMILES string of the molecule is Cc1ccc2oc(=O)n(-c3ccccc3)c(=S)c2c1. The van der Waals surface area contributed by atoms with E-state index in [0.717, 1.165) is 10.9 Å².